The van der Waals surface area contributed by atoms with E-state index in [1.54, 1.807) is 31.2 Å². The Morgan fingerprint density at radius 2 is 1.75 bits per heavy atom. The smallest absolute Gasteiger partial charge is 0.343 e. The molecule has 0 N–H and O–H groups in total. The van der Waals surface area contributed by atoms with Crippen LogP contribution >= 0.6 is 0 Å². The lowest BCUT2D eigenvalue weighted by Crippen LogP contribution is -2.10. The summed E-state index contributed by atoms with van der Waals surface area (Å²) >= 11 is 0. The number of Topliss-reactive ketones (excluding diaryl/α,β-unsaturated/α-hetero) is 1. The molecule has 1 aliphatic heterocycles. The fraction of sp³-hybridized carbons (Fsp3) is 0.200. The molecule has 0 saturated carbocycles. The maximum Gasteiger partial charge on any atom is 0.343 e. The number of carbonyl (C=O) groups excluding carboxylic acids is 2. The third-order valence-corrected chi connectivity index (χ3v) is 3.95. The van der Waals surface area contributed by atoms with Crippen LogP contribution in [0.5, 0.6) is 11.5 Å². The molecule has 2 aromatic rings. The normalized spacial score (nSPS) is 12.7. The Kier molecular flexibility index (Phi) is 3.97. The fourth-order valence-corrected chi connectivity index (χ4v) is 2.72. The van der Waals surface area contributed by atoms with E-state index in [0.29, 0.717) is 28.4 Å². The quantitative estimate of drug-likeness (QED) is 0.467. The maximum atomic E-state index is 12.4. The summed E-state index contributed by atoms with van der Waals surface area (Å²) in [4.78, 5) is 24.7. The summed E-state index contributed by atoms with van der Waals surface area (Å²) < 4.78 is 11.1. The summed E-state index contributed by atoms with van der Waals surface area (Å²) in [5, 5.41) is 0. The molecule has 3 rings (SSSR count). The Balaban J connectivity index is 1.94. The summed E-state index contributed by atoms with van der Waals surface area (Å²) in [6.45, 7) is 7.31. The second-order valence-corrected chi connectivity index (χ2v) is 6.08. The molecular formula is C20H18O4. The molecule has 4 nitrogen and oxygen atoms in total. The van der Waals surface area contributed by atoms with Crippen molar-refractivity contribution >= 4 is 11.8 Å². The first-order valence-corrected chi connectivity index (χ1v) is 7.71. The van der Waals surface area contributed by atoms with Crippen molar-refractivity contribution in [3.8, 4) is 11.5 Å². The predicted molar refractivity (Wildman–Crippen MR) is 90.6 cm³/mol. The molecule has 0 amide bonds. The van der Waals surface area contributed by atoms with E-state index in [0.717, 1.165) is 16.7 Å². The number of ether oxygens (including phenoxy) is 2. The van der Waals surface area contributed by atoms with Crippen LogP contribution in [0.25, 0.3) is 0 Å². The SMILES string of the molecule is CC(C)=C1Oc2cc(OC(=O)c3ccccc3C)cc(C)c2C1=O. The predicted octanol–water partition coefficient (Wildman–Crippen LogP) is 4.39. The van der Waals surface area contributed by atoms with Crippen LogP contribution in [0.4, 0.5) is 0 Å². The van der Waals surface area contributed by atoms with Crippen molar-refractivity contribution in [2.24, 2.45) is 0 Å². The number of aryl methyl sites for hydroxylation is 2. The second kappa shape index (κ2) is 5.96. The monoisotopic (exact) mass is 322 g/mol. The molecule has 0 atom stereocenters. The first-order valence-electron chi connectivity index (χ1n) is 7.71. The largest absolute Gasteiger partial charge is 0.452 e. The second-order valence-electron chi connectivity index (χ2n) is 6.08. The minimum Gasteiger partial charge on any atom is -0.452 e. The van der Waals surface area contributed by atoms with Gasteiger partial charge in [-0.3, -0.25) is 4.79 Å². The third kappa shape index (κ3) is 2.71. The molecule has 24 heavy (non-hydrogen) atoms. The van der Waals surface area contributed by atoms with Crippen LogP contribution in [0.1, 0.15) is 45.7 Å². The summed E-state index contributed by atoms with van der Waals surface area (Å²) in [5.41, 5.74) is 3.42. The topological polar surface area (TPSA) is 52.6 Å². The van der Waals surface area contributed by atoms with E-state index in [-0.39, 0.29) is 5.78 Å². The lowest BCUT2D eigenvalue weighted by atomic mass is 10.0. The molecule has 0 aliphatic carbocycles. The van der Waals surface area contributed by atoms with Gasteiger partial charge in [0.2, 0.25) is 5.78 Å². The van der Waals surface area contributed by atoms with E-state index in [2.05, 4.69) is 0 Å². The van der Waals surface area contributed by atoms with Gasteiger partial charge in [0, 0.05) is 6.07 Å². The van der Waals surface area contributed by atoms with Crippen LogP contribution in [0.2, 0.25) is 0 Å². The maximum absolute atomic E-state index is 12.4. The van der Waals surface area contributed by atoms with Crippen molar-refractivity contribution in [1.82, 2.24) is 0 Å². The van der Waals surface area contributed by atoms with Crippen LogP contribution in [-0.4, -0.2) is 11.8 Å². The first kappa shape index (κ1) is 16.0. The Morgan fingerprint density at radius 1 is 1.04 bits per heavy atom. The van der Waals surface area contributed by atoms with Crippen LogP contribution in [-0.2, 0) is 0 Å². The Bertz CT molecular complexity index is 887. The summed E-state index contributed by atoms with van der Waals surface area (Å²) in [6, 6.07) is 10.5. The van der Waals surface area contributed by atoms with E-state index in [1.807, 2.05) is 32.9 Å². The van der Waals surface area contributed by atoms with Crippen molar-refractivity contribution in [2.45, 2.75) is 27.7 Å². The molecular weight excluding hydrogens is 304 g/mol. The number of ketones is 1. The number of fused-ring (bicyclic) bond motifs is 1. The highest BCUT2D eigenvalue weighted by Gasteiger charge is 2.31. The molecule has 2 aromatic carbocycles. The average Bonchev–Trinajstić information content (AvgIpc) is 2.85. The van der Waals surface area contributed by atoms with E-state index in [1.165, 1.54) is 0 Å². The molecule has 0 radical (unpaired) electrons. The number of hydrogen-bond donors (Lipinski definition) is 0. The molecule has 1 heterocycles. The summed E-state index contributed by atoms with van der Waals surface area (Å²) in [6.07, 6.45) is 0. The van der Waals surface area contributed by atoms with Gasteiger partial charge in [0.1, 0.15) is 11.5 Å². The minimum absolute atomic E-state index is 0.126. The van der Waals surface area contributed by atoms with Crippen molar-refractivity contribution < 1.29 is 19.1 Å². The zero-order valence-corrected chi connectivity index (χ0v) is 14.1. The Hall–Kier alpha value is -2.88. The van der Waals surface area contributed by atoms with Crippen molar-refractivity contribution in [1.29, 1.82) is 0 Å². The number of hydrogen-bond acceptors (Lipinski definition) is 4. The molecule has 4 heteroatoms. The standard InChI is InChI=1S/C20H18O4/c1-11(2)19-18(21)17-13(4)9-14(10-16(17)24-19)23-20(22)15-8-6-5-7-12(15)3/h5-10H,1-4H3. The van der Waals surface area contributed by atoms with Crippen LogP contribution in [0.15, 0.2) is 47.7 Å². The zero-order chi connectivity index (χ0) is 17.4. The fourth-order valence-electron chi connectivity index (χ4n) is 2.72. The highest BCUT2D eigenvalue weighted by Crippen LogP contribution is 2.38. The van der Waals surface area contributed by atoms with Crippen LogP contribution in [0, 0.1) is 13.8 Å². The lowest BCUT2D eigenvalue weighted by Gasteiger charge is -2.09. The molecule has 0 bridgehead atoms. The summed E-state index contributed by atoms with van der Waals surface area (Å²) in [5.74, 6) is 0.583. The lowest BCUT2D eigenvalue weighted by molar-refractivity contribution is 0.0733. The Morgan fingerprint density at radius 3 is 2.42 bits per heavy atom. The van der Waals surface area contributed by atoms with Gasteiger partial charge in [0.05, 0.1) is 11.1 Å². The Labute approximate surface area is 140 Å². The zero-order valence-electron chi connectivity index (χ0n) is 14.1. The van der Waals surface area contributed by atoms with E-state index >= 15 is 0 Å². The van der Waals surface area contributed by atoms with Crippen molar-refractivity contribution in [3.05, 3.63) is 70.0 Å². The van der Waals surface area contributed by atoms with Gasteiger partial charge in [-0.2, -0.15) is 0 Å². The van der Waals surface area contributed by atoms with E-state index in [9.17, 15) is 9.59 Å². The van der Waals surface area contributed by atoms with Crippen LogP contribution in [0.3, 0.4) is 0 Å². The summed E-state index contributed by atoms with van der Waals surface area (Å²) in [7, 11) is 0. The molecule has 0 spiro atoms. The van der Waals surface area contributed by atoms with Crippen molar-refractivity contribution in [2.75, 3.05) is 0 Å². The highest BCUT2D eigenvalue weighted by molar-refractivity contribution is 6.13. The van der Waals surface area contributed by atoms with E-state index in [4.69, 9.17) is 9.47 Å². The van der Waals surface area contributed by atoms with Gasteiger partial charge in [-0.1, -0.05) is 18.2 Å². The van der Waals surface area contributed by atoms with Gasteiger partial charge >= 0.3 is 5.97 Å². The van der Waals surface area contributed by atoms with Gasteiger partial charge in [-0.25, -0.2) is 4.79 Å². The van der Waals surface area contributed by atoms with Gasteiger partial charge in [-0.05, 0) is 56.5 Å². The first-order chi connectivity index (χ1) is 11.4. The third-order valence-electron chi connectivity index (χ3n) is 3.95. The number of esters is 1. The molecule has 0 aromatic heterocycles. The highest BCUT2D eigenvalue weighted by atomic mass is 16.5. The van der Waals surface area contributed by atoms with Crippen LogP contribution < -0.4 is 9.47 Å². The van der Waals surface area contributed by atoms with Gasteiger partial charge in [-0.15, -0.1) is 0 Å². The average molecular weight is 322 g/mol. The molecule has 0 unspecified atom stereocenters. The molecule has 1 aliphatic rings. The number of rotatable bonds is 2. The van der Waals surface area contributed by atoms with Gasteiger partial charge < -0.3 is 9.47 Å². The minimum atomic E-state index is -0.431. The van der Waals surface area contributed by atoms with E-state index < -0.39 is 5.97 Å². The molecule has 0 saturated heterocycles. The molecule has 0 fully saturated rings. The van der Waals surface area contributed by atoms with Gasteiger partial charge in [0.15, 0.2) is 5.76 Å². The number of allylic oxidation sites excluding steroid dienone is 2. The number of benzene rings is 2. The van der Waals surface area contributed by atoms with Crippen molar-refractivity contribution in [3.63, 3.8) is 0 Å². The molecule has 122 valence electrons. The van der Waals surface area contributed by atoms with Gasteiger partial charge in [0.25, 0.3) is 0 Å². The number of carbonyl (C=O) groups is 2.